The first-order chi connectivity index (χ1) is 18.2. The molecule has 1 saturated heterocycles. The Morgan fingerprint density at radius 1 is 1.05 bits per heavy atom. The van der Waals surface area contributed by atoms with Gasteiger partial charge in [-0.3, -0.25) is 0 Å². The van der Waals surface area contributed by atoms with Crippen molar-refractivity contribution in [1.82, 2.24) is 24.8 Å². The van der Waals surface area contributed by atoms with Gasteiger partial charge in [-0.25, -0.2) is 14.8 Å². The van der Waals surface area contributed by atoms with Crippen LogP contribution in [0.2, 0.25) is 0 Å². The molecule has 0 radical (unpaired) electrons. The van der Waals surface area contributed by atoms with E-state index in [0.717, 1.165) is 78.8 Å². The topological polar surface area (TPSA) is 98.3 Å². The molecule has 0 unspecified atom stereocenters. The Morgan fingerprint density at radius 2 is 1.86 bits per heavy atom. The zero-order valence-electron chi connectivity index (χ0n) is 20.8. The number of urea groups is 1. The maximum absolute atomic E-state index is 12.3. The van der Waals surface area contributed by atoms with Gasteiger partial charge in [0.25, 0.3) is 0 Å². The van der Waals surface area contributed by atoms with Crippen LogP contribution in [0.4, 0.5) is 10.6 Å². The number of fused-ring (bicyclic) bond motifs is 1. The molecular formula is C29H32N6O2. The fourth-order valence-electron chi connectivity index (χ4n) is 5.46. The van der Waals surface area contributed by atoms with E-state index in [-0.39, 0.29) is 6.03 Å². The van der Waals surface area contributed by atoms with Crippen molar-refractivity contribution < 1.29 is 9.53 Å². The first-order valence-electron chi connectivity index (χ1n) is 13.1. The van der Waals surface area contributed by atoms with Gasteiger partial charge in [0, 0.05) is 37.4 Å². The first-order valence-corrected chi connectivity index (χ1v) is 13.1. The normalized spacial score (nSPS) is 19.1. The molecule has 0 atom stereocenters. The number of aromatic nitrogens is 3. The fraction of sp³-hybridized carbons (Fsp3) is 0.345. The monoisotopic (exact) mass is 496 g/mol. The number of nitrogens with one attached hydrogen (secondary N) is 1. The van der Waals surface area contributed by atoms with E-state index < -0.39 is 0 Å². The van der Waals surface area contributed by atoms with Gasteiger partial charge in [0.2, 0.25) is 0 Å². The van der Waals surface area contributed by atoms with Crippen LogP contribution in [-0.4, -0.2) is 45.1 Å². The smallest absolute Gasteiger partial charge is 0.317 e. The van der Waals surface area contributed by atoms with Crippen LogP contribution in [0.25, 0.3) is 22.2 Å². The predicted molar refractivity (Wildman–Crippen MR) is 144 cm³/mol. The quantitative estimate of drug-likeness (QED) is 0.375. The van der Waals surface area contributed by atoms with Crippen LogP contribution < -0.4 is 15.8 Å². The summed E-state index contributed by atoms with van der Waals surface area (Å²) in [5.74, 6) is 1.74. The fourth-order valence-corrected chi connectivity index (χ4v) is 5.46. The number of amides is 2. The molecule has 0 bridgehead atoms. The van der Waals surface area contributed by atoms with Crippen LogP contribution in [0.15, 0.2) is 67.1 Å². The van der Waals surface area contributed by atoms with Crippen LogP contribution in [0.5, 0.6) is 5.75 Å². The molecular weight excluding hydrogens is 464 g/mol. The number of nitrogen functional groups attached to an aromatic ring is 1. The van der Waals surface area contributed by atoms with E-state index in [0.29, 0.717) is 24.4 Å². The van der Waals surface area contributed by atoms with Crippen LogP contribution in [0.3, 0.4) is 0 Å². The predicted octanol–water partition coefficient (Wildman–Crippen LogP) is 5.02. The lowest BCUT2D eigenvalue weighted by Gasteiger charge is -2.37. The van der Waals surface area contributed by atoms with E-state index in [1.54, 1.807) is 0 Å². The standard InChI is InChI=1S/C29H32N6O2/c30-27-26-25(22-9-6-10-24(15-22)37-18-20-7-2-1-3-8-20)17-35(28(26)33-19-32-27)23-13-21(14-23)16-31-29(36)34-11-4-5-12-34/h1-3,6-10,15,17,19,21,23H,4-5,11-14,16,18H2,(H,31,36)(H2,30,32,33)/t21-,23-. The summed E-state index contributed by atoms with van der Waals surface area (Å²) in [5, 5.41) is 3.99. The van der Waals surface area contributed by atoms with E-state index in [4.69, 9.17) is 10.5 Å². The second-order valence-corrected chi connectivity index (χ2v) is 10.1. The van der Waals surface area contributed by atoms with Crippen molar-refractivity contribution in [3.63, 3.8) is 0 Å². The highest BCUT2D eigenvalue weighted by Crippen LogP contribution is 2.43. The SMILES string of the molecule is Nc1ncnc2c1c(-c1cccc(OCc3ccccc3)c1)cn2[C@H]1C[C@H](CNC(=O)N2CCCC2)C1. The van der Waals surface area contributed by atoms with Crippen LogP contribution in [0, 0.1) is 5.92 Å². The van der Waals surface area contributed by atoms with Crippen LogP contribution in [0.1, 0.15) is 37.3 Å². The third-order valence-corrected chi connectivity index (χ3v) is 7.57. The van der Waals surface area contributed by atoms with Crippen molar-refractivity contribution in [2.45, 2.75) is 38.3 Å². The molecule has 3 heterocycles. The molecule has 6 rings (SSSR count). The Kier molecular flexibility index (Phi) is 6.39. The summed E-state index contributed by atoms with van der Waals surface area (Å²) in [6.07, 6.45) is 7.88. The highest BCUT2D eigenvalue weighted by atomic mass is 16.5. The molecule has 8 nitrogen and oxygen atoms in total. The minimum atomic E-state index is 0.0736. The molecule has 2 fully saturated rings. The van der Waals surface area contributed by atoms with Gasteiger partial charge >= 0.3 is 6.03 Å². The summed E-state index contributed by atoms with van der Waals surface area (Å²) in [6, 6.07) is 18.6. The lowest BCUT2D eigenvalue weighted by Crippen LogP contribution is -2.42. The highest BCUT2D eigenvalue weighted by Gasteiger charge is 2.33. The van der Waals surface area contributed by atoms with E-state index in [1.165, 1.54) is 6.33 Å². The molecule has 2 aliphatic rings. The second-order valence-electron chi connectivity index (χ2n) is 10.1. The number of hydrogen-bond acceptors (Lipinski definition) is 5. The van der Waals surface area contributed by atoms with Crippen LogP contribution in [-0.2, 0) is 6.61 Å². The Labute approximate surface area is 216 Å². The maximum atomic E-state index is 12.3. The Bertz CT molecular complexity index is 1390. The number of ether oxygens (including phenoxy) is 1. The van der Waals surface area contributed by atoms with Crippen molar-refractivity contribution >= 4 is 22.9 Å². The van der Waals surface area contributed by atoms with Gasteiger partial charge < -0.3 is 25.3 Å². The number of hydrogen-bond donors (Lipinski definition) is 2. The molecule has 4 aromatic rings. The third-order valence-electron chi connectivity index (χ3n) is 7.57. The molecule has 190 valence electrons. The van der Waals surface area contributed by atoms with Gasteiger partial charge in [-0.2, -0.15) is 0 Å². The van der Waals surface area contributed by atoms with Gasteiger partial charge in [-0.1, -0.05) is 42.5 Å². The molecule has 0 spiro atoms. The number of carbonyl (C=O) groups is 1. The van der Waals surface area contributed by atoms with Crippen molar-refractivity contribution in [2.75, 3.05) is 25.4 Å². The summed E-state index contributed by atoms with van der Waals surface area (Å²) in [7, 11) is 0. The number of likely N-dealkylation sites (tertiary alicyclic amines) is 1. The van der Waals surface area contributed by atoms with Crippen LogP contribution >= 0.6 is 0 Å². The zero-order valence-corrected chi connectivity index (χ0v) is 20.8. The van der Waals surface area contributed by atoms with Gasteiger partial charge in [0.05, 0.1) is 5.39 Å². The molecule has 3 N–H and O–H groups in total. The lowest BCUT2D eigenvalue weighted by atomic mass is 9.80. The summed E-state index contributed by atoms with van der Waals surface area (Å²) in [6.45, 7) is 2.97. The number of anilines is 1. The molecule has 2 aromatic carbocycles. The molecule has 1 aliphatic carbocycles. The number of benzene rings is 2. The Morgan fingerprint density at radius 3 is 2.68 bits per heavy atom. The van der Waals surface area contributed by atoms with E-state index >= 15 is 0 Å². The van der Waals surface area contributed by atoms with Crippen molar-refractivity contribution in [3.8, 4) is 16.9 Å². The molecule has 8 heteroatoms. The highest BCUT2D eigenvalue weighted by molar-refractivity contribution is 6.00. The number of carbonyl (C=O) groups excluding carboxylic acids is 1. The minimum absolute atomic E-state index is 0.0736. The Hall–Kier alpha value is -4.07. The van der Waals surface area contributed by atoms with E-state index in [2.05, 4.69) is 44.2 Å². The summed E-state index contributed by atoms with van der Waals surface area (Å²) >= 11 is 0. The number of nitrogens with zero attached hydrogens (tertiary/aromatic N) is 4. The number of nitrogens with two attached hydrogens (primary N) is 1. The van der Waals surface area contributed by atoms with E-state index in [9.17, 15) is 4.79 Å². The van der Waals surface area contributed by atoms with Gasteiger partial charge in [-0.05, 0) is 54.9 Å². The van der Waals surface area contributed by atoms with Crippen molar-refractivity contribution in [3.05, 3.63) is 72.7 Å². The average molecular weight is 497 g/mol. The molecule has 2 amide bonds. The zero-order chi connectivity index (χ0) is 25.2. The average Bonchev–Trinajstić information content (AvgIpc) is 3.57. The van der Waals surface area contributed by atoms with Crippen molar-refractivity contribution in [1.29, 1.82) is 0 Å². The van der Waals surface area contributed by atoms with Crippen molar-refractivity contribution in [2.24, 2.45) is 5.92 Å². The number of rotatable bonds is 7. The van der Waals surface area contributed by atoms with Gasteiger partial charge in [0.1, 0.15) is 30.1 Å². The van der Waals surface area contributed by atoms with E-state index in [1.807, 2.05) is 41.3 Å². The molecule has 37 heavy (non-hydrogen) atoms. The maximum Gasteiger partial charge on any atom is 0.317 e. The minimum Gasteiger partial charge on any atom is -0.489 e. The third kappa shape index (κ3) is 4.83. The van der Waals surface area contributed by atoms with Gasteiger partial charge in [0.15, 0.2) is 0 Å². The van der Waals surface area contributed by atoms with Gasteiger partial charge in [-0.15, -0.1) is 0 Å². The Balaban J connectivity index is 1.18. The molecule has 1 aliphatic heterocycles. The first kappa shape index (κ1) is 23.3. The summed E-state index contributed by atoms with van der Waals surface area (Å²) in [4.78, 5) is 23.1. The summed E-state index contributed by atoms with van der Waals surface area (Å²) in [5.41, 5.74) is 10.4. The molecule has 1 saturated carbocycles. The lowest BCUT2D eigenvalue weighted by molar-refractivity contribution is 0.180. The second kappa shape index (κ2) is 10.1. The largest absolute Gasteiger partial charge is 0.489 e. The summed E-state index contributed by atoms with van der Waals surface area (Å²) < 4.78 is 8.31. The molecule has 2 aromatic heterocycles.